The summed E-state index contributed by atoms with van der Waals surface area (Å²) in [5.74, 6) is -0.348. The maximum Gasteiger partial charge on any atom is 0.339 e. The Balaban J connectivity index is 1.64. The molecular weight excluding hydrogens is 346 g/mol. The van der Waals surface area contributed by atoms with Gasteiger partial charge in [0.05, 0.1) is 31.0 Å². The zero-order valence-corrected chi connectivity index (χ0v) is 15.9. The lowest BCUT2D eigenvalue weighted by Gasteiger charge is -2.34. The van der Waals surface area contributed by atoms with Crippen molar-refractivity contribution in [3.05, 3.63) is 47.3 Å². The predicted octanol–water partition coefficient (Wildman–Crippen LogP) is 2.87. The van der Waals surface area contributed by atoms with E-state index in [2.05, 4.69) is 5.10 Å². The van der Waals surface area contributed by atoms with Crippen LogP contribution in [-0.2, 0) is 4.79 Å². The fourth-order valence-electron chi connectivity index (χ4n) is 3.66. The number of ether oxygens (including phenoxy) is 1. The van der Waals surface area contributed by atoms with E-state index in [4.69, 9.17) is 4.74 Å². The molecule has 1 fully saturated rings. The van der Waals surface area contributed by atoms with Crippen LogP contribution in [0.2, 0.25) is 0 Å². The molecule has 1 aromatic carbocycles. The normalized spacial score (nSPS) is 16.2. The number of hydrogen-bond donors (Lipinski definition) is 1. The molecular formula is C20H25N3O4. The minimum atomic E-state index is -0.960. The van der Waals surface area contributed by atoms with Gasteiger partial charge in [0.25, 0.3) is 0 Å². The lowest BCUT2D eigenvalue weighted by Crippen LogP contribution is -2.41. The average molecular weight is 371 g/mol. The molecule has 1 aliphatic heterocycles. The Labute approximate surface area is 158 Å². The molecule has 7 nitrogen and oxygen atoms in total. The summed E-state index contributed by atoms with van der Waals surface area (Å²) in [5.41, 5.74) is 1.84. The first-order valence-electron chi connectivity index (χ1n) is 9.12. The second kappa shape index (κ2) is 7.82. The van der Waals surface area contributed by atoms with Gasteiger partial charge in [-0.05, 0) is 44.4 Å². The second-order valence-corrected chi connectivity index (χ2v) is 6.95. The number of carbonyl (C=O) groups is 2. The summed E-state index contributed by atoms with van der Waals surface area (Å²) in [6, 6.07) is 7.72. The molecule has 1 N–H and O–H groups in total. The minimum Gasteiger partial charge on any atom is -0.497 e. The van der Waals surface area contributed by atoms with E-state index < -0.39 is 5.97 Å². The lowest BCUT2D eigenvalue weighted by molar-refractivity contribution is -0.133. The van der Waals surface area contributed by atoms with Gasteiger partial charge in [0.15, 0.2) is 0 Å². The van der Waals surface area contributed by atoms with Gasteiger partial charge in [-0.2, -0.15) is 5.10 Å². The molecule has 1 aliphatic rings. The van der Waals surface area contributed by atoms with Gasteiger partial charge in [-0.1, -0.05) is 12.1 Å². The van der Waals surface area contributed by atoms with Crippen LogP contribution in [0.4, 0.5) is 0 Å². The van der Waals surface area contributed by atoms with Crippen molar-refractivity contribution in [2.75, 3.05) is 20.2 Å². The number of likely N-dealkylation sites (tertiary alicyclic amines) is 1. The van der Waals surface area contributed by atoms with Crippen molar-refractivity contribution in [1.29, 1.82) is 0 Å². The Morgan fingerprint density at radius 3 is 2.59 bits per heavy atom. The number of rotatable bonds is 5. The lowest BCUT2D eigenvalue weighted by atomic mass is 9.97. The van der Waals surface area contributed by atoms with Crippen molar-refractivity contribution in [2.24, 2.45) is 0 Å². The number of methoxy groups -OCH3 is 1. The molecule has 0 bridgehead atoms. The molecule has 7 heteroatoms. The van der Waals surface area contributed by atoms with Crippen molar-refractivity contribution >= 4 is 11.9 Å². The Morgan fingerprint density at radius 2 is 2.00 bits per heavy atom. The van der Waals surface area contributed by atoms with Gasteiger partial charge < -0.3 is 14.7 Å². The number of hydrogen-bond acceptors (Lipinski definition) is 4. The van der Waals surface area contributed by atoms with E-state index in [-0.39, 0.29) is 23.4 Å². The summed E-state index contributed by atoms with van der Waals surface area (Å²) in [7, 11) is 1.61. The van der Waals surface area contributed by atoms with Crippen LogP contribution in [0.3, 0.4) is 0 Å². The van der Waals surface area contributed by atoms with E-state index in [9.17, 15) is 14.7 Å². The van der Waals surface area contributed by atoms with Crippen LogP contribution in [-0.4, -0.2) is 51.9 Å². The highest BCUT2D eigenvalue weighted by molar-refractivity contribution is 5.88. The van der Waals surface area contributed by atoms with Crippen LogP contribution in [0.25, 0.3) is 0 Å². The topological polar surface area (TPSA) is 84.7 Å². The van der Waals surface area contributed by atoms with Gasteiger partial charge in [-0.3, -0.25) is 9.48 Å². The van der Waals surface area contributed by atoms with Crippen LogP contribution in [0.15, 0.2) is 30.5 Å². The molecule has 2 aromatic rings. The maximum absolute atomic E-state index is 12.9. The van der Waals surface area contributed by atoms with Gasteiger partial charge in [-0.25, -0.2) is 4.79 Å². The first kappa shape index (κ1) is 18.9. The van der Waals surface area contributed by atoms with Crippen LogP contribution in [0, 0.1) is 6.92 Å². The average Bonchev–Trinajstić information content (AvgIpc) is 3.08. The van der Waals surface area contributed by atoms with E-state index in [1.54, 1.807) is 18.7 Å². The van der Waals surface area contributed by atoms with Crippen molar-refractivity contribution in [1.82, 2.24) is 14.7 Å². The van der Waals surface area contributed by atoms with E-state index in [0.29, 0.717) is 18.8 Å². The van der Waals surface area contributed by atoms with Crippen LogP contribution >= 0.6 is 0 Å². The van der Waals surface area contributed by atoms with E-state index in [1.807, 2.05) is 36.1 Å². The van der Waals surface area contributed by atoms with Crippen molar-refractivity contribution < 1.29 is 19.4 Å². The highest BCUT2D eigenvalue weighted by Crippen LogP contribution is 2.28. The SMILES string of the molecule is COc1cccc(C(C)C(=O)N2CCC(n3ncc(C(=O)O)c3C)CC2)c1. The fourth-order valence-corrected chi connectivity index (χ4v) is 3.66. The van der Waals surface area contributed by atoms with Gasteiger partial charge in [0.1, 0.15) is 11.3 Å². The summed E-state index contributed by atoms with van der Waals surface area (Å²) >= 11 is 0. The summed E-state index contributed by atoms with van der Waals surface area (Å²) in [4.78, 5) is 26.0. The third kappa shape index (κ3) is 3.82. The van der Waals surface area contributed by atoms with Gasteiger partial charge in [-0.15, -0.1) is 0 Å². The predicted molar refractivity (Wildman–Crippen MR) is 100 cm³/mol. The molecule has 1 unspecified atom stereocenters. The Hall–Kier alpha value is -2.83. The van der Waals surface area contributed by atoms with Crippen LogP contribution in [0.5, 0.6) is 5.75 Å². The Morgan fingerprint density at radius 1 is 1.30 bits per heavy atom. The summed E-state index contributed by atoms with van der Waals surface area (Å²) in [5, 5.41) is 13.4. The van der Waals surface area contributed by atoms with E-state index >= 15 is 0 Å². The monoisotopic (exact) mass is 371 g/mol. The third-order valence-electron chi connectivity index (χ3n) is 5.36. The number of amides is 1. The van der Waals surface area contributed by atoms with Crippen molar-refractivity contribution in [3.8, 4) is 5.75 Å². The molecule has 1 atom stereocenters. The number of carboxylic acids is 1. The number of piperidine rings is 1. The Bertz CT molecular complexity index is 838. The highest BCUT2D eigenvalue weighted by Gasteiger charge is 2.29. The van der Waals surface area contributed by atoms with Gasteiger partial charge in [0, 0.05) is 13.1 Å². The van der Waals surface area contributed by atoms with Crippen molar-refractivity contribution in [2.45, 2.75) is 38.6 Å². The van der Waals surface area contributed by atoms with Crippen LogP contribution < -0.4 is 4.74 Å². The van der Waals surface area contributed by atoms with Gasteiger partial charge in [0.2, 0.25) is 5.91 Å². The van der Waals surface area contributed by atoms with E-state index in [0.717, 1.165) is 24.2 Å². The van der Waals surface area contributed by atoms with Crippen molar-refractivity contribution in [3.63, 3.8) is 0 Å². The Kier molecular flexibility index (Phi) is 5.48. The molecule has 3 rings (SSSR count). The smallest absolute Gasteiger partial charge is 0.339 e. The van der Waals surface area contributed by atoms with Gasteiger partial charge >= 0.3 is 5.97 Å². The standard InChI is InChI=1S/C20H25N3O4/c1-13(15-5-4-6-17(11-15)27-3)19(24)22-9-7-16(8-10-22)23-14(2)18(12-21-23)20(25)26/h4-6,11-13,16H,7-10H2,1-3H3,(H,25,26). The maximum atomic E-state index is 12.9. The van der Waals surface area contributed by atoms with Crippen LogP contribution in [0.1, 0.15) is 53.3 Å². The highest BCUT2D eigenvalue weighted by atomic mass is 16.5. The zero-order valence-electron chi connectivity index (χ0n) is 15.9. The molecule has 0 saturated carbocycles. The number of carboxylic acid groups (broad SMARTS) is 1. The minimum absolute atomic E-state index is 0.102. The molecule has 0 spiro atoms. The molecule has 1 saturated heterocycles. The molecule has 1 aromatic heterocycles. The quantitative estimate of drug-likeness (QED) is 0.874. The summed E-state index contributed by atoms with van der Waals surface area (Å²) < 4.78 is 7.04. The molecule has 2 heterocycles. The summed E-state index contributed by atoms with van der Waals surface area (Å²) in [6.07, 6.45) is 2.93. The zero-order chi connectivity index (χ0) is 19.6. The second-order valence-electron chi connectivity index (χ2n) is 6.95. The molecule has 0 radical (unpaired) electrons. The number of benzene rings is 1. The number of carbonyl (C=O) groups excluding carboxylic acids is 1. The molecule has 0 aliphatic carbocycles. The molecule has 144 valence electrons. The largest absolute Gasteiger partial charge is 0.497 e. The first-order chi connectivity index (χ1) is 12.9. The molecule has 27 heavy (non-hydrogen) atoms. The number of aromatic nitrogens is 2. The summed E-state index contributed by atoms with van der Waals surface area (Å²) in [6.45, 7) is 4.97. The number of nitrogens with zero attached hydrogens (tertiary/aromatic N) is 3. The third-order valence-corrected chi connectivity index (χ3v) is 5.36. The van der Waals surface area contributed by atoms with E-state index in [1.165, 1.54) is 6.20 Å². The molecule has 1 amide bonds. The number of aromatic carboxylic acids is 1. The fraction of sp³-hybridized carbons (Fsp3) is 0.450. The first-order valence-corrected chi connectivity index (χ1v) is 9.12.